The Morgan fingerprint density at radius 3 is 2.50 bits per heavy atom. The third kappa shape index (κ3) is 4.65. The maximum atomic E-state index is 12.9. The number of benzene rings is 2. The standard InChI is InChI=1S/C25H22ClN3O3/c26-20-10-8-19(9-11-20)23(30)22-21(12-7-18-5-2-1-3-6-18)29(25(32)24(22)31)15-4-14-28-16-13-27-17-28/h1-3,5-13,16-17,21,30H,4,14-15H2/b12-7+,23-22?/t21-/m0/s1. The van der Waals surface area contributed by atoms with Crippen molar-refractivity contribution in [3.63, 3.8) is 0 Å². The number of ketones is 1. The van der Waals surface area contributed by atoms with Crippen molar-refractivity contribution in [1.29, 1.82) is 0 Å². The Hall–Kier alpha value is -3.64. The second kappa shape index (κ2) is 9.66. The zero-order valence-corrected chi connectivity index (χ0v) is 18.0. The van der Waals surface area contributed by atoms with Crippen LogP contribution >= 0.6 is 11.6 Å². The maximum Gasteiger partial charge on any atom is 0.295 e. The molecule has 1 aromatic heterocycles. The van der Waals surface area contributed by atoms with Crippen molar-refractivity contribution in [3.05, 3.63) is 101 Å². The number of aromatic nitrogens is 2. The van der Waals surface area contributed by atoms with Gasteiger partial charge in [-0.25, -0.2) is 4.98 Å². The van der Waals surface area contributed by atoms with Crippen LogP contribution in [0.3, 0.4) is 0 Å². The summed E-state index contributed by atoms with van der Waals surface area (Å²) in [5, 5.41) is 11.5. The number of hydrogen-bond donors (Lipinski definition) is 1. The third-order valence-corrected chi connectivity index (χ3v) is 5.60. The molecule has 162 valence electrons. The molecule has 2 aromatic carbocycles. The number of Topliss-reactive ketones (excluding diaryl/α,β-unsaturated/α-hetero) is 1. The van der Waals surface area contributed by atoms with E-state index in [1.54, 1.807) is 42.9 Å². The number of nitrogens with zero attached hydrogens (tertiary/aromatic N) is 3. The molecule has 1 amide bonds. The molecule has 4 rings (SSSR count). The molecule has 0 bridgehead atoms. The van der Waals surface area contributed by atoms with Crippen molar-refractivity contribution in [2.45, 2.75) is 19.0 Å². The van der Waals surface area contributed by atoms with Crippen LogP contribution in [0.5, 0.6) is 0 Å². The van der Waals surface area contributed by atoms with Gasteiger partial charge in [0.05, 0.1) is 17.9 Å². The number of aryl methyl sites for hydroxylation is 1. The number of carbonyl (C=O) groups is 2. The highest BCUT2D eigenvalue weighted by Gasteiger charge is 2.43. The van der Waals surface area contributed by atoms with Crippen molar-refractivity contribution in [1.82, 2.24) is 14.5 Å². The summed E-state index contributed by atoms with van der Waals surface area (Å²) in [5.74, 6) is -1.52. The summed E-state index contributed by atoms with van der Waals surface area (Å²) < 4.78 is 1.92. The van der Waals surface area contributed by atoms with Crippen LogP contribution in [-0.2, 0) is 16.1 Å². The van der Waals surface area contributed by atoms with E-state index < -0.39 is 17.7 Å². The van der Waals surface area contributed by atoms with Crippen LogP contribution in [0.1, 0.15) is 17.5 Å². The molecular weight excluding hydrogens is 426 g/mol. The minimum Gasteiger partial charge on any atom is -0.507 e. The van der Waals surface area contributed by atoms with Gasteiger partial charge in [0.15, 0.2) is 0 Å². The molecule has 6 nitrogen and oxygen atoms in total. The van der Waals surface area contributed by atoms with Gasteiger partial charge in [-0.15, -0.1) is 0 Å². The van der Waals surface area contributed by atoms with Crippen LogP contribution in [0.4, 0.5) is 0 Å². The number of carbonyl (C=O) groups excluding carboxylic acids is 2. The summed E-state index contributed by atoms with van der Waals surface area (Å²) in [6.07, 6.45) is 9.54. The molecule has 1 aliphatic rings. The Bertz CT molecular complexity index is 1150. The van der Waals surface area contributed by atoms with Gasteiger partial charge in [-0.3, -0.25) is 9.59 Å². The average Bonchev–Trinajstić information content (AvgIpc) is 3.41. The molecule has 7 heteroatoms. The monoisotopic (exact) mass is 447 g/mol. The Labute approximate surface area is 191 Å². The van der Waals surface area contributed by atoms with Gasteiger partial charge < -0.3 is 14.6 Å². The molecular formula is C25H22ClN3O3. The molecule has 1 saturated heterocycles. The Morgan fingerprint density at radius 1 is 1.06 bits per heavy atom. The molecule has 0 aliphatic carbocycles. The first-order valence-corrected chi connectivity index (χ1v) is 10.7. The lowest BCUT2D eigenvalue weighted by atomic mass is 10.00. The van der Waals surface area contributed by atoms with Gasteiger partial charge in [-0.1, -0.05) is 54.1 Å². The highest BCUT2D eigenvalue weighted by atomic mass is 35.5. The summed E-state index contributed by atoms with van der Waals surface area (Å²) in [7, 11) is 0. The molecule has 2 heterocycles. The summed E-state index contributed by atoms with van der Waals surface area (Å²) in [4.78, 5) is 31.3. The fourth-order valence-corrected chi connectivity index (χ4v) is 3.85. The van der Waals surface area contributed by atoms with E-state index in [0.29, 0.717) is 30.1 Å². The predicted octanol–water partition coefficient (Wildman–Crippen LogP) is 4.39. The van der Waals surface area contributed by atoms with Crippen LogP contribution in [-0.4, -0.2) is 43.8 Å². The second-order valence-electron chi connectivity index (χ2n) is 7.47. The molecule has 1 aliphatic heterocycles. The van der Waals surface area contributed by atoms with Gasteiger partial charge in [-0.05, 0) is 36.2 Å². The summed E-state index contributed by atoms with van der Waals surface area (Å²) in [5.41, 5.74) is 1.44. The van der Waals surface area contributed by atoms with Gasteiger partial charge in [0.2, 0.25) is 0 Å². The molecule has 3 aromatic rings. The fourth-order valence-electron chi connectivity index (χ4n) is 3.72. The Kier molecular flexibility index (Phi) is 6.52. The zero-order chi connectivity index (χ0) is 22.5. The van der Waals surface area contributed by atoms with Gasteiger partial charge in [0.25, 0.3) is 11.7 Å². The largest absolute Gasteiger partial charge is 0.507 e. The zero-order valence-electron chi connectivity index (χ0n) is 17.3. The van der Waals surface area contributed by atoms with Crippen LogP contribution in [0.25, 0.3) is 11.8 Å². The van der Waals surface area contributed by atoms with Crippen molar-refractivity contribution in [3.8, 4) is 0 Å². The van der Waals surface area contributed by atoms with Crippen LogP contribution in [0.2, 0.25) is 5.02 Å². The smallest absolute Gasteiger partial charge is 0.295 e. The summed E-state index contributed by atoms with van der Waals surface area (Å²) >= 11 is 5.95. The highest BCUT2D eigenvalue weighted by molar-refractivity contribution is 6.47. The molecule has 1 atom stereocenters. The van der Waals surface area contributed by atoms with E-state index in [1.807, 2.05) is 47.2 Å². The van der Waals surface area contributed by atoms with E-state index in [2.05, 4.69) is 4.98 Å². The number of likely N-dealkylation sites (tertiary alicyclic amines) is 1. The van der Waals surface area contributed by atoms with E-state index >= 15 is 0 Å². The van der Waals surface area contributed by atoms with Crippen molar-refractivity contribution < 1.29 is 14.7 Å². The first-order chi connectivity index (χ1) is 15.5. The molecule has 0 saturated carbocycles. The fraction of sp³-hybridized carbons (Fsp3) is 0.160. The Morgan fingerprint density at radius 2 is 1.81 bits per heavy atom. The van der Waals surface area contributed by atoms with Crippen LogP contribution in [0, 0.1) is 0 Å². The van der Waals surface area contributed by atoms with E-state index in [9.17, 15) is 14.7 Å². The highest BCUT2D eigenvalue weighted by Crippen LogP contribution is 2.30. The number of aliphatic hydroxyl groups excluding tert-OH is 1. The lowest BCUT2D eigenvalue weighted by Gasteiger charge is -2.22. The van der Waals surface area contributed by atoms with Crippen LogP contribution in [0.15, 0.2) is 85.0 Å². The van der Waals surface area contributed by atoms with Gasteiger partial charge in [0.1, 0.15) is 5.76 Å². The van der Waals surface area contributed by atoms with Crippen molar-refractivity contribution in [2.75, 3.05) is 6.54 Å². The maximum absolute atomic E-state index is 12.9. The number of halogens is 1. The first-order valence-electron chi connectivity index (χ1n) is 10.3. The average molecular weight is 448 g/mol. The van der Waals surface area contributed by atoms with Crippen molar-refractivity contribution in [2.24, 2.45) is 0 Å². The van der Waals surface area contributed by atoms with Crippen molar-refractivity contribution >= 4 is 35.1 Å². The minimum absolute atomic E-state index is 0.0761. The van der Waals surface area contributed by atoms with Gasteiger partial charge in [0, 0.05) is 36.1 Å². The number of amides is 1. The van der Waals surface area contributed by atoms with Crippen LogP contribution < -0.4 is 0 Å². The molecule has 32 heavy (non-hydrogen) atoms. The third-order valence-electron chi connectivity index (χ3n) is 5.35. The normalized spacial score (nSPS) is 18.0. The minimum atomic E-state index is -0.692. The van der Waals surface area contributed by atoms with E-state index in [4.69, 9.17) is 11.6 Å². The second-order valence-corrected chi connectivity index (χ2v) is 7.90. The molecule has 1 fully saturated rings. The van der Waals surface area contributed by atoms with E-state index in [1.165, 1.54) is 4.90 Å². The molecule has 0 radical (unpaired) electrons. The van der Waals surface area contributed by atoms with E-state index in [-0.39, 0.29) is 11.3 Å². The Balaban J connectivity index is 1.67. The molecule has 1 N–H and O–H groups in total. The quantitative estimate of drug-likeness (QED) is 0.331. The topological polar surface area (TPSA) is 75.4 Å². The number of imidazole rings is 1. The lowest BCUT2D eigenvalue weighted by Crippen LogP contribution is -2.34. The number of rotatable bonds is 7. The summed E-state index contributed by atoms with van der Waals surface area (Å²) in [6.45, 7) is 1.03. The van der Waals surface area contributed by atoms with E-state index in [0.717, 1.165) is 5.56 Å². The summed E-state index contributed by atoms with van der Waals surface area (Å²) in [6, 6.07) is 15.4. The lowest BCUT2D eigenvalue weighted by molar-refractivity contribution is -0.139. The molecule has 0 unspecified atom stereocenters. The predicted molar refractivity (Wildman–Crippen MR) is 124 cm³/mol. The molecule has 0 spiro atoms. The van der Waals surface area contributed by atoms with Gasteiger partial charge >= 0.3 is 0 Å². The number of aliphatic hydroxyl groups is 1. The first kappa shape index (κ1) is 21.6. The van der Waals surface area contributed by atoms with Gasteiger partial charge in [-0.2, -0.15) is 0 Å². The SMILES string of the molecule is O=C1C(=O)N(CCCn2ccnc2)[C@@H](/C=C/c2ccccc2)C1=C(O)c1ccc(Cl)cc1. The number of hydrogen-bond acceptors (Lipinski definition) is 4.